The topological polar surface area (TPSA) is 38.7 Å². The SMILES string of the molecule is FC(F)(F)c1cc(Cl)nc(-c2ccncc2)n1. The van der Waals surface area contributed by atoms with E-state index in [2.05, 4.69) is 15.0 Å². The zero-order chi connectivity index (χ0) is 12.5. The van der Waals surface area contributed by atoms with Gasteiger partial charge in [0.15, 0.2) is 5.82 Å². The normalized spacial score (nSPS) is 11.5. The molecule has 0 bridgehead atoms. The van der Waals surface area contributed by atoms with Gasteiger partial charge in [-0.1, -0.05) is 11.6 Å². The van der Waals surface area contributed by atoms with Crippen molar-refractivity contribution in [3.8, 4) is 11.4 Å². The van der Waals surface area contributed by atoms with Crippen LogP contribution in [0.2, 0.25) is 5.15 Å². The first-order chi connectivity index (χ1) is 7.97. The molecule has 2 aromatic heterocycles. The molecule has 2 aromatic rings. The Morgan fingerprint density at radius 2 is 1.71 bits per heavy atom. The van der Waals surface area contributed by atoms with E-state index in [1.165, 1.54) is 24.5 Å². The fraction of sp³-hybridized carbons (Fsp3) is 0.100. The van der Waals surface area contributed by atoms with Crippen LogP contribution in [-0.2, 0) is 6.18 Å². The average molecular weight is 260 g/mol. The molecular formula is C10H5ClF3N3. The molecule has 0 unspecified atom stereocenters. The summed E-state index contributed by atoms with van der Waals surface area (Å²) in [6.07, 6.45) is -1.67. The minimum Gasteiger partial charge on any atom is -0.265 e. The molecular weight excluding hydrogens is 255 g/mol. The lowest BCUT2D eigenvalue weighted by molar-refractivity contribution is -0.141. The molecule has 3 nitrogen and oxygen atoms in total. The van der Waals surface area contributed by atoms with Gasteiger partial charge in [0.25, 0.3) is 0 Å². The van der Waals surface area contributed by atoms with Crippen LogP contribution in [0.3, 0.4) is 0 Å². The first-order valence-corrected chi connectivity index (χ1v) is 4.87. The summed E-state index contributed by atoms with van der Waals surface area (Å²) in [4.78, 5) is 10.9. The second-order valence-electron chi connectivity index (χ2n) is 3.13. The molecule has 17 heavy (non-hydrogen) atoms. The number of rotatable bonds is 1. The minimum absolute atomic E-state index is 0.0766. The van der Waals surface area contributed by atoms with Crippen molar-refractivity contribution in [3.05, 3.63) is 41.4 Å². The molecule has 0 saturated heterocycles. The first kappa shape index (κ1) is 11.8. The van der Waals surface area contributed by atoms with E-state index < -0.39 is 11.9 Å². The van der Waals surface area contributed by atoms with E-state index >= 15 is 0 Å². The number of nitrogens with zero attached hydrogens (tertiary/aromatic N) is 3. The van der Waals surface area contributed by atoms with Gasteiger partial charge in [-0.2, -0.15) is 13.2 Å². The van der Waals surface area contributed by atoms with E-state index in [9.17, 15) is 13.2 Å². The lowest BCUT2D eigenvalue weighted by Crippen LogP contribution is -2.09. The summed E-state index contributed by atoms with van der Waals surface area (Å²) in [5, 5.41) is -0.251. The van der Waals surface area contributed by atoms with Crippen LogP contribution in [0.4, 0.5) is 13.2 Å². The third-order valence-corrected chi connectivity index (χ3v) is 2.12. The van der Waals surface area contributed by atoms with E-state index in [1.807, 2.05) is 0 Å². The third kappa shape index (κ3) is 2.71. The molecule has 0 atom stereocenters. The van der Waals surface area contributed by atoms with Crippen LogP contribution in [-0.4, -0.2) is 15.0 Å². The summed E-state index contributed by atoms with van der Waals surface area (Å²) in [5.41, 5.74) is -0.641. The largest absolute Gasteiger partial charge is 0.433 e. The van der Waals surface area contributed by atoms with Gasteiger partial charge in [-0.05, 0) is 12.1 Å². The van der Waals surface area contributed by atoms with Crippen molar-refractivity contribution in [1.29, 1.82) is 0 Å². The van der Waals surface area contributed by atoms with Crippen LogP contribution in [0.1, 0.15) is 5.69 Å². The zero-order valence-electron chi connectivity index (χ0n) is 8.24. The molecule has 0 amide bonds. The van der Waals surface area contributed by atoms with Crippen LogP contribution in [0, 0.1) is 0 Å². The highest BCUT2D eigenvalue weighted by molar-refractivity contribution is 6.29. The zero-order valence-corrected chi connectivity index (χ0v) is 9.00. The summed E-state index contributed by atoms with van der Waals surface area (Å²) < 4.78 is 37.5. The van der Waals surface area contributed by atoms with Crippen molar-refractivity contribution >= 4 is 11.6 Å². The summed E-state index contributed by atoms with van der Waals surface area (Å²) in [5.74, 6) is -0.0766. The molecule has 0 aliphatic heterocycles. The van der Waals surface area contributed by atoms with E-state index in [1.54, 1.807) is 0 Å². The molecule has 0 aromatic carbocycles. The number of pyridine rings is 1. The average Bonchev–Trinajstić information content (AvgIpc) is 2.28. The van der Waals surface area contributed by atoms with Crippen LogP contribution >= 0.6 is 11.6 Å². The van der Waals surface area contributed by atoms with Gasteiger partial charge in [0, 0.05) is 24.0 Å². The van der Waals surface area contributed by atoms with Crippen LogP contribution in [0.25, 0.3) is 11.4 Å². The van der Waals surface area contributed by atoms with Crippen molar-refractivity contribution in [1.82, 2.24) is 15.0 Å². The van der Waals surface area contributed by atoms with Crippen molar-refractivity contribution in [3.63, 3.8) is 0 Å². The van der Waals surface area contributed by atoms with Crippen LogP contribution in [0.5, 0.6) is 0 Å². The number of alkyl halides is 3. The molecule has 0 radical (unpaired) electrons. The lowest BCUT2D eigenvalue weighted by atomic mass is 10.2. The van der Waals surface area contributed by atoms with E-state index in [0.717, 1.165) is 0 Å². The molecule has 0 aliphatic rings. The standard InChI is InChI=1S/C10H5ClF3N3/c11-8-5-7(10(12,13)14)16-9(17-8)6-1-3-15-4-2-6/h1-5H. The Morgan fingerprint density at radius 3 is 2.29 bits per heavy atom. The van der Waals surface area contributed by atoms with Gasteiger partial charge in [0.2, 0.25) is 0 Å². The molecule has 0 spiro atoms. The molecule has 2 rings (SSSR count). The van der Waals surface area contributed by atoms with Crippen molar-refractivity contribution < 1.29 is 13.2 Å². The van der Waals surface area contributed by atoms with Crippen molar-refractivity contribution in [2.24, 2.45) is 0 Å². The fourth-order valence-electron chi connectivity index (χ4n) is 1.19. The predicted octanol–water partition coefficient (Wildman–Crippen LogP) is 3.21. The van der Waals surface area contributed by atoms with E-state index in [0.29, 0.717) is 11.6 Å². The van der Waals surface area contributed by atoms with Gasteiger partial charge in [-0.25, -0.2) is 9.97 Å². The van der Waals surface area contributed by atoms with Crippen LogP contribution in [0.15, 0.2) is 30.6 Å². The Bertz CT molecular complexity index is 528. The Morgan fingerprint density at radius 1 is 1.06 bits per heavy atom. The summed E-state index contributed by atoms with van der Waals surface area (Å²) in [6.45, 7) is 0. The number of aromatic nitrogens is 3. The Labute approximate surface area is 99.3 Å². The lowest BCUT2D eigenvalue weighted by Gasteiger charge is -2.07. The molecule has 0 N–H and O–H groups in total. The predicted molar refractivity (Wildman–Crippen MR) is 55.3 cm³/mol. The van der Waals surface area contributed by atoms with Gasteiger partial charge in [-0.3, -0.25) is 4.98 Å². The fourth-order valence-corrected chi connectivity index (χ4v) is 1.38. The highest BCUT2D eigenvalue weighted by atomic mass is 35.5. The van der Waals surface area contributed by atoms with Gasteiger partial charge in [0.05, 0.1) is 0 Å². The second kappa shape index (κ2) is 4.29. The smallest absolute Gasteiger partial charge is 0.265 e. The van der Waals surface area contributed by atoms with Gasteiger partial charge in [-0.15, -0.1) is 0 Å². The molecule has 0 fully saturated rings. The minimum atomic E-state index is -4.55. The second-order valence-corrected chi connectivity index (χ2v) is 3.52. The monoisotopic (exact) mass is 259 g/mol. The van der Waals surface area contributed by atoms with E-state index in [-0.39, 0.29) is 11.0 Å². The molecule has 7 heteroatoms. The van der Waals surface area contributed by atoms with Gasteiger partial charge in [0.1, 0.15) is 10.8 Å². The Balaban J connectivity index is 2.54. The highest BCUT2D eigenvalue weighted by Gasteiger charge is 2.33. The maximum Gasteiger partial charge on any atom is 0.433 e. The number of halogens is 4. The quantitative estimate of drug-likeness (QED) is 0.738. The summed E-state index contributed by atoms with van der Waals surface area (Å²) >= 11 is 5.54. The molecule has 0 aliphatic carbocycles. The number of hydrogen-bond acceptors (Lipinski definition) is 3. The maximum atomic E-state index is 12.5. The van der Waals surface area contributed by atoms with Crippen molar-refractivity contribution in [2.45, 2.75) is 6.18 Å². The summed E-state index contributed by atoms with van der Waals surface area (Å²) in [7, 11) is 0. The number of hydrogen-bond donors (Lipinski definition) is 0. The Hall–Kier alpha value is -1.69. The van der Waals surface area contributed by atoms with Gasteiger partial charge >= 0.3 is 6.18 Å². The Kier molecular flexibility index (Phi) is 2.97. The van der Waals surface area contributed by atoms with Crippen LogP contribution < -0.4 is 0 Å². The molecule has 0 saturated carbocycles. The van der Waals surface area contributed by atoms with Crippen molar-refractivity contribution in [2.75, 3.05) is 0 Å². The molecule has 88 valence electrons. The summed E-state index contributed by atoms with van der Waals surface area (Å²) in [6, 6.07) is 3.70. The first-order valence-electron chi connectivity index (χ1n) is 4.49. The van der Waals surface area contributed by atoms with Gasteiger partial charge < -0.3 is 0 Å². The maximum absolute atomic E-state index is 12.5. The molecule has 2 heterocycles. The van der Waals surface area contributed by atoms with E-state index in [4.69, 9.17) is 11.6 Å². The third-order valence-electron chi connectivity index (χ3n) is 1.92. The highest BCUT2D eigenvalue weighted by Crippen LogP contribution is 2.30.